The van der Waals surface area contributed by atoms with Gasteiger partial charge in [-0.05, 0) is 50.4 Å². The zero-order valence-electron chi connectivity index (χ0n) is 11.9. The molecular weight excluding hydrogens is 236 g/mol. The van der Waals surface area contributed by atoms with Gasteiger partial charge in [-0.2, -0.15) is 5.26 Å². The van der Waals surface area contributed by atoms with Gasteiger partial charge >= 0.3 is 0 Å². The lowest BCUT2D eigenvalue weighted by Crippen LogP contribution is -2.37. The van der Waals surface area contributed by atoms with Crippen molar-refractivity contribution >= 4 is 5.91 Å². The van der Waals surface area contributed by atoms with E-state index in [1.807, 2.05) is 0 Å². The smallest absolute Gasteiger partial charge is 0.220 e. The SMILES string of the molecule is N#CCC1CCC(NC(=O)CCCC2CCC2)CC1. The highest BCUT2D eigenvalue weighted by atomic mass is 16.1. The Balaban J connectivity index is 1.54. The molecule has 2 saturated carbocycles. The minimum atomic E-state index is 0.239. The number of nitrogens with zero attached hydrogens (tertiary/aromatic N) is 1. The van der Waals surface area contributed by atoms with Gasteiger partial charge in [-0.15, -0.1) is 0 Å². The minimum absolute atomic E-state index is 0.239. The van der Waals surface area contributed by atoms with Crippen LogP contribution in [0.25, 0.3) is 0 Å². The van der Waals surface area contributed by atoms with E-state index in [1.54, 1.807) is 0 Å². The van der Waals surface area contributed by atoms with Crippen LogP contribution in [0.3, 0.4) is 0 Å². The Hall–Kier alpha value is -1.04. The standard InChI is InChI=1S/C16H26N2O/c17-12-11-14-7-9-15(10-8-14)18-16(19)6-2-5-13-3-1-4-13/h13-15H,1-11H2,(H,18,19). The van der Waals surface area contributed by atoms with Crippen molar-refractivity contribution in [1.82, 2.24) is 5.32 Å². The molecule has 1 N–H and O–H groups in total. The Morgan fingerprint density at radius 3 is 2.42 bits per heavy atom. The minimum Gasteiger partial charge on any atom is -0.353 e. The topological polar surface area (TPSA) is 52.9 Å². The van der Waals surface area contributed by atoms with Crippen LogP contribution in [0.2, 0.25) is 0 Å². The summed E-state index contributed by atoms with van der Waals surface area (Å²) in [6.07, 6.45) is 12.1. The quantitative estimate of drug-likeness (QED) is 0.796. The number of nitrogens with one attached hydrogen (secondary N) is 1. The third kappa shape index (κ3) is 4.86. The van der Waals surface area contributed by atoms with Gasteiger partial charge in [-0.3, -0.25) is 4.79 Å². The van der Waals surface area contributed by atoms with E-state index in [-0.39, 0.29) is 5.91 Å². The first-order valence-electron chi connectivity index (χ1n) is 7.94. The van der Waals surface area contributed by atoms with Crippen LogP contribution in [-0.4, -0.2) is 11.9 Å². The summed E-state index contributed by atoms with van der Waals surface area (Å²) in [5, 5.41) is 11.8. The first-order valence-corrected chi connectivity index (χ1v) is 7.94. The van der Waals surface area contributed by atoms with E-state index < -0.39 is 0 Å². The number of hydrogen-bond donors (Lipinski definition) is 1. The summed E-state index contributed by atoms with van der Waals surface area (Å²) in [4.78, 5) is 11.8. The highest BCUT2D eigenvalue weighted by Crippen LogP contribution is 2.31. The van der Waals surface area contributed by atoms with Crippen LogP contribution < -0.4 is 5.32 Å². The molecule has 3 nitrogen and oxygen atoms in total. The average Bonchev–Trinajstić information content (AvgIpc) is 2.35. The predicted octanol–water partition coefficient (Wildman–Crippen LogP) is 3.55. The molecule has 0 atom stereocenters. The van der Waals surface area contributed by atoms with Crippen molar-refractivity contribution in [2.75, 3.05) is 0 Å². The fourth-order valence-electron chi connectivity index (χ4n) is 3.27. The van der Waals surface area contributed by atoms with Gasteiger partial charge in [0.1, 0.15) is 0 Å². The van der Waals surface area contributed by atoms with Crippen LogP contribution in [-0.2, 0) is 4.79 Å². The van der Waals surface area contributed by atoms with E-state index in [9.17, 15) is 4.79 Å². The van der Waals surface area contributed by atoms with Gasteiger partial charge in [-0.1, -0.05) is 19.3 Å². The third-order valence-corrected chi connectivity index (χ3v) is 4.83. The molecule has 0 heterocycles. The van der Waals surface area contributed by atoms with E-state index in [1.165, 1.54) is 25.7 Å². The molecule has 0 radical (unpaired) electrons. The van der Waals surface area contributed by atoms with Gasteiger partial charge < -0.3 is 5.32 Å². The maximum absolute atomic E-state index is 11.8. The molecule has 0 spiro atoms. The van der Waals surface area contributed by atoms with Crippen LogP contribution >= 0.6 is 0 Å². The van der Waals surface area contributed by atoms with Crippen LogP contribution in [0.4, 0.5) is 0 Å². The molecule has 0 aromatic heterocycles. The number of carbonyl (C=O) groups excluding carboxylic acids is 1. The van der Waals surface area contributed by atoms with Crippen molar-refractivity contribution in [2.45, 2.75) is 76.7 Å². The molecule has 19 heavy (non-hydrogen) atoms. The van der Waals surface area contributed by atoms with Gasteiger partial charge in [0, 0.05) is 18.9 Å². The van der Waals surface area contributed by atoms with Crippen molar-refractivity contribution in [3.8, 4) is 6.07 Å². The summed E-state index contributed by atoms with van der Waals surface area (Å²) in [5.41, 5.74) is 0. The van der Waals surface area contributed by atoms with Gasteiger partial charge in [0.2, 0.25) is 5.91 Å². The van der Waals surface area contributed by atoms with Gasteiger partial charge in [-0.25, -0.2) is 0 Å². The summed E-state index contributed by atoms with van der Waals surface area (Å²) < 4.78 is 0. The van der Waals surface area contributed by atoms with Crippen molar-refractivity contribution in [2.24, 2.45) is 11.8 Å². The number of rotatable bonds is 6. The average molecular weight is 262 g/mol. The summed E-state index contributed by atoms with van der Waals surface area (Å²) in [5.74, 6) is 1.72. The van der Waals surface area contributed by atoms with Crippen LogP contribution in [0.5, 0.6) is 0 Å². The lowest BCUT2D eigenvalue weighted by atomic mass is 9.82. The normalized spacial score (nSPS) is 27.3. The second-order valence-electron chi connectivity index (χ2n) is 6.34. The predicted molar refractivity (Wildman–Crippen MR) is 75.3 cm³/mol. The fraction of sp³-hybridized carbons (Fsp3) is 0.875. The zero-order valence-corrected chi connectivity index (χ0v) is 11.9. The monoisotopic (exact) mass is 262 g/mol. The summed E-state index contributed by atoms with van der Waals surface area (Å²) in [6, 6.07) is 2.62. The van der Waals surface area contributed by atoms with Crippen molar-refractivity contribution in [3.05, 3.63) is 0 Å². The van der Waals surface area contributed by atoms with Crippen LogP contribution in [0, 0.1) is 23.2 Å². The number of nitriles is 1. The lowest BCUT2D eigenvalue weighted by molar-refractivity contribution is -0.122. The van der Waals surface area contributed by atoms with Gasteiger partial charge in [0.25, 0.3) is 0 Å². The highest BCUT2D eigenvalue weighted by Gasteiger charge is 2.22. The molecule has 0 aliphatic heterocycles. The Morgan fingerprint density at radius 1 is 1.11 bits per heavy atom. The van der Waals surface area contributed by atoms with Crippen molar-refractivity contribution in [1.29, 1.82) is 5.26 Å². The van der Waals surface area contributed by atoms with E-state index in [0.29, 0.717) is 24.8 Å². The van der Waals surface area contributed by atoms with Crippen LogP contribution in [0.1, 0.15) is 70.6 Å². The van der Waals surface area contributed by atoms with E-state index in [0.717, 1.165) is 38.0 Å². The van der Waals surface area contributed by atoms with E-state index in [4.69, 9.17) is 5.26 Å². The van der Waals surface area contributed by atoms with Gasteiger partial charge in [0.05, 0.1) is 6.07 Å². The largest absolute Gasteiger partial charge is 0.353 e. The summed E-state index contributed by atoms with van der Waals surface area (Å²) >= 11 is 0. The molecule has 0 aromatic rings. The zero-order chi connectivity index (χ0) is 13.5. The second-order valence-corrected chi connectivity index (χ2v) is 6.34. The van der Waals surface area contributed by atoms with Crippen molar-refractivity contribution in [3.63, 3.8) is 0 Å². The molecule has 0 saturated heterocycles. The molecule has 2 rings (SSSR count). The Morgan fingerprint density at radius 2 is 1.84 bits per heavy atom. The number of amides is 1. The van der Waals surface area contributed by atoms with Crippen LogP contribution in [0.15, 0.2) is 0 Å². The molecule has 0 unspecified atom stereocenters. The van der Waals surface area contributed by atoms with Crippen molar-refractivity contribution < 1.29 is 4.79 Å². The Kier molecular flexibility index (Phi) is 5.69. The summed E-state index contributed by atoms with van der Waals surface area (Å²) in [7, 11) is 0. The molecule has 2 aliphatic rings. The maximum Gasteiger partial charge on any atom is 0.220 e. The molecule has 1 amide bonds. The third-order valence-electron chi connectivity index (χ3n) is 4.83. The van der Waals surface area contributed by atoms with E-state index >= 15 is 0 Å². The molecule has 0 bridgehead atoms. The second kappa shape index (κ2) is 7.53. The number of carbonyl (C=O) groups is 1. The van der Waals surface area contributed by atoms with Gasteiger partial charge in [0.15, 0.2) is 0 Å². The lowest BCUT2D eigenvalue weighted by Gasteiger charge is -2.28. The highest BCUT2D eigenvalue weighted by molar-refractivity contribution is 5.76. The molecule has 3 heteroatoms. The molecule has 106 valence electrons. The molecule has 2 aliphatic carbocycles. The molecule has 0 aromatic carbocycles. The Bertz CT molecular complexity index is 322. The molecule has 2 fully saturated rings. The first kappa shape index (κ1) is 14.4. The Labute approximate surface area is 116 Å². The maximum atomic E-state index is 11.8. The first-order chi connectivity index (χ1) is 9.28. The molecular formula is C16H26N2O. The summed E-state index contributed by atoms with van der Waals surface area (Å²) in [6.45, 7) is 0. The fourth-order valence-corrected chi connectivity index (χ4v) is 3.27. The number of hydrogen-bond acceptors (Lipinski definition) is 2. The van der Waals surface area contributed by atoms with E-state index in [2.05, 4.69) is 11.4 Å².